The summed E-state index contributed by atoms with van der Waals surface area (Å²) in [5, 5.41) is 5.91. The predicted octanol–water partition coefficient (Wildman–Crippen LogP) is 2.81. The summed E-state index contributed by atoms with van der Waals surface area (Å²) in [7, 11) is 1.58. The van der Waals surface area contributed by atoms with Crippen molar-refractivity contribution in [2.75, 3.05) is 7.11 Å². The van der Waals surface area contributed by atoms with Gasteiger partial charge in [0.15, 0.2) is 0 Å². The van der Waals surface area contributed by atoms with Crippen molar-refractivity contribution in [3.8, 4) is 5.75 Å². The predicted molar refractivity (Wildman–Crippen MR) is 96.9 cm³/mol. The SMILES string of the molecule is COc1ccc(C(=O)N[C@@H]2CCC[C@@H]2C(=O)NCc2ccc(C)o2)cc1. The van der Waals surface area contributed by atoms with Crippen molar-refractivity contribution in [1.82, 2.24) is 10.6 Å². The third-order valence-corrected chi connectivity index (χ3v) is 4.75. The third-order valence-electron chi connectivity index (χ3n) is 4.75. The average Bonchev–Trinajstić information content (AvgIpc) is 3.28. The van der Waals surface area contributed by atoms with Crippen LogP contribution in [0.4, 0.5) is 0 Å². The molecular weight excluding hydrogens is 332 g/mol. The van der Waals surface area contributed by atoms with Gasteiger partial charge in [-0.2, -0.15) is 0 Å². The second-order valence-electron chi connectivity index (χ2n) is 6.58. The second kappa shape index (κ2) is 8.08. The van der Waals surface area contributed by atoms with Crippen molar-refractivity contribution >= 4 is 11.8 Å². The molecule has 1 heterocycles. The Morgan fingerprint density at radius 3 is 2.58 bits per heavy atom. The molecule has 1 aromatic heterocycles. The summed E-state index contributed by atoms with van der Waals surface area (Å²) < 4.78 is 10.6. The first-order valence-corrected chi connectivity index (χ1v) is 8.85. The van der Waals surface area contributed by atoms with Crippen LogP contribution in [0.1, 0.15) is 41.1 Å². The number of nitrogens with one attached hydrogen (secondary N) is 2. The van der Waals surface area contributed by atoms with Crippen LogP contribution in [-0.4, -0.2) is 25.0 Å². The summed E-state index contributed by atoms with van der Waals surface area (Å²) in [5.74, 6) is 1.82. The normalized spacial score (nSPS) is 19.2. The monoisotopic (exact) mass is 356 g/mol. The lowest BCUT2D eigenvalue weighted by molar-refractivity contribution is -0.125. The Kier molecular flexibility index (Phi) is 5.61. The Morgan fingerprint density at radius 1 is 1.15 bits per heavy atom. The van der Waals surface area contributed by atoms with Gasteiger partial charge in [0, 0.05) is 11.6 Å². The number of rotatable bonds is 6. The molecule has 0 saturated heterocycles. The van der Waals surface area contributed by atoms with E-state index < -0.39 is 0 Å². The lowest BCUT2D eigenvalue weighted by Gasteiger charge is -2.20. The molecule has 6 nitrogen and oxygen atoms in total. The van der Waals surface area contributed by atoms with Crippen LogP contribution in [0.5, 0.6) is 5.75 Å². The van der Waals surface area contributed by atoms with Crippen molar-refractivity contribution in [3.05, 3.63) is 53.5 Å². The summed E-state index contributed by atoms with van der Waals surface area (Å²) >= 11 is 0. The zero-order valence-corrected chi connectivity index (χ0v) is 15.1. The van der Waals surface area contributed by atoms with E-state index in [2.05, 4.69) is 10.6 Å². The molecule has 2 N–H and O–H groups in total. The number of benzene rings is 1. The van der Waals surface area contributed by atoms with Crippen LogP contribution in [0.25, 0.3) is 0 Å². The highest BCUT2D eigenvalue weighted by atomic mass is 16.5. The molecule has 3 rings (SSSR count). The first-order chi connectivity index (χ1) is 12.6. The topological polar surface area (TPSA) is 80.6 Å². The third kappa shape index (κ3) is 4.25. The van der Waals surface area contributed by atoms with Gasteiger partial charge in [-0.3, -0.25) is 9.59 Å². The van der Waals surface area contributed by atoms with Gasteiger partial charge in [-0.15, -0.1) is 0 Å². The number of carbonyl (C=O) groups is 2. The Morgan fingerprint density at radius 2 is 1.92 bits per heavy atom. The van der Waals surface area contributed by atoms with Crippen LogP contribution < -0.4 is 15.4 Å². The molecule has 2 atom stereocenters. The quantitative estimate of drug-likeness (QED) is 0.834. The van der Waals surface area contributed by atoms with E-state index in [-0.39, 0.29) is 23.8 Å². The number of carbonyl (C=O) groups excluding carboxylic acids is 2. The van der Waals surface area contributed by atoms with Gasteiger partial charge < -0.3 is 19.8 Å². The summed E-state index contributed by atoms with van der Waals surface area (Å²) in [5.41, 5.74) is 0.558. The molecule has 0 bridgehead atoms. The Labute approximate surface area is 152 Å². The van der Waals surface area contributed by atoms with Crippen LogP contribution in [0.2, 0.25) is 0 Å². The maximum atomic E-state index is 12.5. The number of methoxy groups -OCH3 is 1. The molecule has 1 aliphatic carbocycles. The number of ether oxygens (including phenoxy) is 1. The van der Waals surface area contributed by atoms with E-state index in [4.69, 9.17) is 9.15 Å². The van der Waals surface area contributed by atoms with Crippen LogP contribution in [0.15, 0.2) is 40.8 Å². The van der Waals surface area contributed by atoms with Crippen LogP contribution in [0, 0.1) is 12.8 Å². The zero-order chi connectivity index (χ0) is 18.5. The first kappa shape index (κ1) is 18.0. The van der Waals surface area contributed by atoms with E-state index in [1.165, 1.54) is 0 Å². The molecule has 0 radical (unpaired) electrons. The van der Waals surface area contributed by atoms with Crippen LogP contribution >= 0.6 is 0 Å². The molecule has 2 aromatic rings. The van der Waals surface area contributed by atoms with Crippen molar-refractivity contribution < 1.29 is 18.7 Å². The average molecular weight is 356 g/mol. The standard InChI is InChI=1S/C20H24N2O4/c1-13-6-9-16(26-13)12-21-20(24)17-4-3-5-18(17)22-19(23)14-7-10-15(25-2)11-8-14/h6-11,17-18H,3-5,12H2,1-2H3,(H,21,24)(H,22,23)/t17-,18+/m0/s1. The minimum Gasteiger partial charge on any atom is -0.497 e. The molecule has 26 heavy (non-hydrogen) atoms. The van der Waals surface area contributed by atoms with E-state index in [9.17, 15) is 9.59 Å². The zero-order valence-electron chi connectivity index (χ0n) is 15.1. The van der Waals surface area contributed by atoms with E-state index in [1.54, 1.807) is 31.4 Å². The minimum absolute atomic E-state index is 0.0448. The van der Waals surface area contributed by atoms with Gasteiger partial charge in [0.2, 0.25) is 5.91 Å². The first-order valence-electron chi connectivity index (χ1n) is 8.85. The molecule has 6 heteroatoms. The molecule has 1 saturated carbocycles. The van der Waals surface area contributed by atoms with Gasteiger partial charge in [-0.05, 0) is 56.2 Å². The highest BCUT2D eigenvalue weighted by Gasteiger charge is 2.34. The maximum Gasteiger partial charge on any atom is 0.251 e. The number of aryl methyl sites for hydroxylation is 1. The van der Waals surface area contributed by atoms with Crippen LogP contribution in [-0.2, 0) is 11.3 Å². The van der Waals surface area contributed by atoms with Crippen molar-refractivity contribution in [2.24, 2.45) is 5.92 Å². The molecule has 0 unspecified atom stereocenters. The van der Waals surface area contributed by atoms with Gasteiger partial charge in [0.25, 0.3) is 5.91 Å². The second-order valence-corrected chi connectivity index (χ2v) is 6.58. The molecule has 0 spiro atoms. The Hall–Kier alpha value is -2.76. The smallest absolute Gasteiger partial charge is 0.251 e. The van der Waals surface area contributed by atoms with E-state index in [0.717, 1.165) is 30.8 Å². The fraction of sp³-hybridized carbons (Fsp3) is 0.400. The molecule has 1 aromatic carbocycles. The Bertz CT molecular complexity index is 766. The number of hydrogen-bond acceptors (Lipinski definition) is 4. The maximum absolute atomic E-state index is 12.5. The van der Waals surface area contributed by atoms with E-state index in [1.807, 2.05) is 19.1 Å². The van der Waals surface area contributed by atoms with Gasteiger partial charge in [0.1, 0.15) is 17.3 Å². The summed E-state index contributed by atoms with van der Waals surface area (Å²) in [4.78, 5) is 25.0. The summed E-state index contributed by atoms with van der Waals surface area (Å²) in [6, 6.07) is 10.5. The molecular formula is C20H24N2O4. The summed E-state index contributed by atoms with van der Waals surface area (Å²) in [6.45, 7) is 2.23. The lowest BCUT2D eigenvalue weighted by atomic mass is 10.0. The highest BCUT2D eigenvalue weighted by molar-refractivity contribution is 5.95. The highest BCUT2D eigenvalue weighted by Crippen LogP contribution is 2.26. The molecule has 0 aliphatic heterocycles. The van der Waals surface area contributed by atoms with Gasteiger partial charge in [-0.25, -0.2) is 0 Å². The molecule has 1 fully saturated rings. The van der Waals surface area contributed by atoms with E-state index >= 15 is 0 Å². The number of hydrogen-bond donors (Lipinski definition) is 2. The van der Waals surface area contributed by atoms with Gasteiger partial charge >= 0.3 is 0 Å². The van der Waals surface area contributed by atoms with Crippen molar-refractivity contribution in [1.29, 1.82) is 0 Å². The van der Waals surface area contributed by atoms with Crippen molar-refractivity contribution in [2.45, 2.75) is 38.8 Å². The minimum atomic E-state index is -0.215. The molecule has 1 aliphatic rings. The van der Waals surface area contributed by atoms with Crippen molar-refractivity contribution in [3.63, 3.8) is 0 Å². The fourth-order valence-corrected chi connectivity index (χ4v) is 3.33. The molecule has 138 valence electrons. The fourth-order valence-electron chi connectivity index (χ4n) is 3.33. The number of furan rings is 1. The largest absolute Gasteiger partial charge is 0.497 e. The van der Waals surface area contributed by atoms with Gasteiger partial charge in [0.05, 0.1) is 19.6 Å². The Balaban J connectivity index is 1.56. The molecule has 2 amide bonds. The summed E-state index contributed by atoms with van der Waals surface area (Å²) in [6.07, 6.45) is 2.50. The van der Waals surface area contributed by atoms with E-state index in [0.29, 0.717) is 17.9 Å². The van der Waals surface area contributed by atoms with Gasteiger partial charge in [-0.1, -0.05) is 6.42 Å². The lowest BCUT2D eigenvalue weighted by Crippen LogP contribution is -2.43. The van der Waals surface area contributed by atoms with Crippen LogP contribution in [0.3, 0.4) is 0 Å². The number of amides is 2.